The third-order valence-corrected chi connectivity index (χ3v) is 7.93. The highest BCUT2D eigenvalue weighted by Crippen LogP contribution is 2.66. The van der Waals surface area contributed by atoms with Crippen LogP contribution in [0.25, 0.3) is 5.52 Å². The van der Waals surface area contributed by atoms with Crippen LogP contribution in [0.1, 0.15) is 18.5 Å². The Balaban J connectivity index is 1.65. The lowest BCUT2D eigenvalue weighted by Crippen LogP contribution is -2.20. The number of phosphoric acid groups is 2. The Bertz CT molecular complexity index is 1030. The first-order chi connectivity index (χ1) is 12.8. The standard InChI is InChI=1S/C12H18N3O10P3/c13-10-3-6-14-15-9(1-2-11(10)15)7-12(4-5-12)23-8-26(16,17)24-28(21,22)25-27(18,19)20/h1-3,6H,4-5,7-8,13H2,(H,16,17)(H,21,22)(H2,18,19,20). The molecule has 2 unspecified atom stereocenters. The van der Waals surface area contributed by atoms with Crippen molar-refractivity contribution in [3.63, 3.8) is 0 Å². The van der Waals surface area contributed by atoms with Gasteiger partial charge in [0.25, 0.3) is 0 Å². The molecule has 28 heavy (non-hydrogen) atoms. The van der Waals surface area contributed by atoms with E-state index in [0.29, 0.717) is 30.5 Å². The summed E-state index contributed by atoms with van der Waals surface area (Å²) in [5.41, 5.74) is 7.04. The van der Waals surface area contributed by atoms with Crippen LogP contribution >= 0.6 is 23.2 Å². The van der Waals surface area contributed by atoms with Crippen molar-refractivity contribution in [1.29, 1.82) is 0 Å². The summed E-state index contributed by atoms with van der Waals surface area (Å²) < 4.78 is 48.5. The van der Waals surface area contributed by atoms with Gasteiger partial charge in [0.1, 0.15) is 6.35 Å². The van der Waals surface area contributed by atoms with E-state index in [2.05, 4.69) is 13.7 Å². The highest BCUT2D eigenvalue weighted by atomic mass is 31.3. The molecule has 3 rings (SSSR count). The van der Waals surface area contributed by atoms with Crippen LogP contribution in [0.15, 0.2) is 24.4 Å². The predicted octanol–water partition coefficient (Wildman–Crippen LogP) is 1.38. The molecule has 13 nitrogen and oxygen atoms in total. The molecule has 0 spiro atoms. The lowest BCUT2D eigenvalue weighted by atomic mass is 10.2. The number of nitrogens with zero attached hydrogens (tertiary/aromatic N) is 2. The van der Waals surface area contributed by atoms with Crippen molar-refractivity contribution >= 4 is 34.4 Å². The Morgan fingerprint density at radius 1 is 1.11 bits per heavy atom. The van der Waals surface area contributed by atoms with Crippen molar-refractivity contribution in [2.45, 2.75) is 24.9 Å². The quantitative estimate of drug-likeness (QED) is 0.339. The summed E-state index contributed by atoms with van der Waals surface area (Å²) in [6.45, 7) is 0. The lowest BCUT2D eigenvalue weighted by molar-refractivity contribution is 0.0531. The number of nitrogen functional groups attached to an aromatic ring is 1. The SMILES string of the molecule is Nc1ccnn2c(CC3(OCP(=O)(O)OP(=O)(O)OP(=O)(O)O)CC3)ccc12. The molecule has 2 aromatic heterocycles. The van der Waals surface area contributed by atoms with E-state index in [9.17, 15) is 23.5 Å². The Kier molecular flexibility index (Phi) is 5.63. The van der Waals surface area contributed by atoms with E-state index in [1.807, 2.05) is 0 Å². The summed E-state index contributed by atoms with van der Waals surface area (Å²) in [7, 11) is -15.7. The maximum atomic E-state index is 12.0. The van der Waals surface area contributed by atoms with Gasteiger partial charge in [-0.05, 0) is 31.0 Å². The fourth-order valence-electron chi connectivity index (χ4n) is 2.62. The summed E-state index contributed by atoms with van der Waals surface area (Å²) in [6, 6.07) is 5.21. The summed E-state index contributed by atoms with van der Waals surface area (Å²) in [5, 5.41) is 4.20. The van der Waals surface area contributed by atoms with Gasteiger partial charge < -0.3 is 30.0 Å². The molecule has 0 amide bonds. The zero-order chi connectivity index (χ0) is 20.8. The summed E-state index contributed by atoms with van der Waals surface area (Å²) in [5.74, 6) is 0. The van der Waals surface area contributed by atoms with E-state index in [0.717, 1.165) is 5.69 Å². The van der Waals surface area contributed by atoms with Crippen LogP contribution in [0.2, 0.25) is 0 Å². The first-order valence-corrected chi connectivity index (χ1v) is 12.6. The van der Waals surface area contributed by atoms with Gasteiger partial charge in [0.05, 0.1) is 16.8 Å². The number of ether oxygens (including phenoxy) is 1. The number of rotatable bonds is 9. The number of fused-ring (bicyclic) bond motifs is 1. The van der Waals surface area contributed by atoms with Crippen molar-refractivity contribution in [3.05, 3.63) is 30.1 Å². The van der Waals surface area contributed by atoms with E-state index >= 15 is 0 Å². The molecule has 6 N–H and O–H groups in total. The van der Waals surface area contributed by atoms with Crippen molar-refractivity contribution in [1.82, 2.24) is 9.61 Å². The van der Waals surface area contributed by atoms with Crippen LogP contribution in [0.4, 0.5) is 5.69 Å². The van der Waals surface area contributed by atoms with Gasteiger partial charge in [-0.25, -0.2) is 18.0 Å². The summed E-state index contributed by atoms with van der Waals surface area (Å²) in [4.78, 5) is 35.9. The van der Waals surface area contributed by atoms with E-state index in [1.165, 1.54) is 6.20 Å². The van der Waals surface area contributed by atoms with Gasteiger partial charge in [-0.3, -0.25) is 4.57 Å². The minimum atomic E-state index is -5.48. The highest BCUT2D eigenvalue weighted by Gasteiger charge is 2.47. The molecule has 1 aliphatic rings. The molecule has 156 valence electrons. The Morgan fingerprint density at radius 2 is 1.79 bits per heavy atom. The third kappa shape index (κ3) is 5.49. The lowest BCUT2D eigenvalue weighted by Gasteiger charge is -2.20. The molecule has 0 bridgehead atoms. The molecular formula is C12H18N3O10P3. The first kappa shape index (κ1) is 21.6. The van der Waals surface area contributed by atoms with Crippen LogP contribution in [0.5, 0.6) is 0 Å². The second-order valence-electron chi connectivity index (χ2n) is 6.30. The van der Waals surface area contributed by atoms with Crippen molar-refractivity contribution in [2.24, 2.45) is 0 Å². The van der Waals surface area contributed by atoms with Crippen LogP contribution in [0.3, 0.4) is 0 Å². The molecule has 0 radical (unpaired) electrons. The molecule has 16 heteroatoms. The minimum Gasteiger partial charge on any atom is -0.397 e. The van der Waals surface area contributed by atoms with Gasteiger partial charge in [0.2, 0.25) is 0 Å². The monoisotopic (exact) mass is 457 g/mol. The predicted molar refractivity (Wildman–Crippen MR) is 95.1 cm³/mol. The van der Waals surface area contributed by atoms with Gasteiger partial charge in [-0.1, -0.05) is 0 Å². The smallest absolute Gasteiger partial charge is 0.397 e. The topological polar surface area (TPSA) is 203 Å². The third-order valence-electron chi connectivity index (χ3n) is 3.95. The zero-order valence-corrected chi connectivity index (χ0v) is 16.9. The summed E-state index contributed by atoms with van der Waals surface area (Å²) >= 11 is 0. The Labute approximate surface area is 158 Å². The van der Waals surface area contributed by atoms with Crippen LogP contribution in [0, 0.1) is 0 Å². The fraction of sp³-hybridized carbons (Fsp3) is 0.417. The van der Waals surface area contributed by atoms with Gasteiger partial charge in [-0.15, -0.1) is 0 Å². The maximum absolute atomic E-state index is 12.0. The van der Waals surface area contributed by atoms with E-state index in [1.54, 1.807) is 22.7 Å². The molecular weight excluding hydrogens is 439 g/mol. The normalized spacial score (nSPS) is 20.6. The number of nitrogens with two attached hydrogens (primary N) is 1. The van der Waals surface area contributed by atoms with E-state index in [4.69, 9.17) is 20.3 Å². The molecule has 0 aromatic carbocycles. The number of aromatic nitrogens is 2. The molecule has 0 saturated heterocycles. The van der Waals surface area contributed by atoms with Gasteiger partial charge in [0.15, 0.2) is 0 Å². The average molecular weight is 457 g/mol. The number of hydrogen-bond donors (Lipinski definition) is 5. The van der Waals surface area contributed by atoms with Crippen LogP contribution < -0.4 is 5.73 Å². The molecule has 2 atom stereocenters. The van der Waals surface area contributed by atoms with Gasteiger partial charge in [-0.2, -0.15) is 9.41 Å². The molecule has 2 heterocycles. The van der Waals surface area contributed by atoms with Crippen LogP contribution in [-0.4, -0.2) is 41.1 Å². The molecule has 1 saturated carbocycles. The first-order valence-electron chi connectivity index (χ1n) is 7.78. The van der Waals surface area contributed by atoms with E-state index < -0.39 is 35.2 Å². The van der Waals surface area contributed by atoms with Crippen molar-refractivity contribution in [3.8, 4) is 0 Å². The summed E-state index contributed by atoms with van der Waals surface area (Å²) in [6.07, 6.45) is 1.99. The second kappa shape index (κ2) is 7.30. The van der Waals surface area contributed by atoms with Crippen molar-refractivity contribution < 1.29 is 46.6 Å². The fourth-order valence-corrected chi connectivity index (χ4v) is 6.00. The average Bonchev–Trinajstić information content (AvgIpc) is 3.15. The van der Waals surface area contributed by atoms with Crippen molar-refractivity contribution in [2.75, 3.05) is 12.1 Å². The molecule has 2 aromatic rings. The Morgan fingerprint density at radius 3 is 2.39 bits per heavy atom. The number of anilines is 1. The minimum absolute atomic E-state index is 0.327. The largest absolute Gasteiger partial charge is 0.488 e. The highest BCUT2D eigenvalue weighted by molar-refractivity contribution is 7.68. The number of hydrogen-bond acceptors (Lipinski definition) is 8. The molecule has 1 fully saturated rings. The van der Waals surface area contributed by atoms with Gasteiger partial charge in [0, 0.05) is 18.3 Å². The second-order valence-corrected chi connectivity index (χ2v) is 11.1. The Hall–Kier alpha value is -1.10. The zero-order valence-electron chi connectivity index (χ0n) is 14.2. The van der Waals surface area contributed by atoms with Gasteiger partial charge >= 0.3 is 23.2 Å². The van der Waals surface area contributed by atoms with Crippen LogP contribution in [-0.2, 0) is 33.5 Å². The maximum Gasteiger partial charge on any atom is 0.488 e. The molecule has 1 aliphatic carbocycles. The molecule has 0 aliphatic heterocycles. The van der Waals surface area contributed by atoms with E-state index in [-0.39, 0.29) is 0 Å².